The Morgan fingerprint density at radius 3 is 1.40 bits per heavy atom. The van der Waals surface area contributed by atoms with E-state index >= 15 is 0 Å². The van der Waals surface area contributed by atoms with Crippen molar-refractivity contribution in [3.63, 3.8) is 0 Å². The molecule has 0 amide bonds. The maximum atomic E-state index is 2.48. The molecule has 0 saturated carbocycles. The predicted octanol–water partition coefficient (Wildman–Crippen LogP) is 16.7. The number of fused-ring (bicyclic) bond motifs is 9. The van der Waals surface area contributed by atoms with E-state index in [-0.39, 0.29) is 16.2 Å². The summed E-state index contributed by atoms with van der Waals surface area (Å²) in [4.78, 5) is 2.46. The molecule has 0 radical (unpaired) electrons. The molecule has 0 fully saturated rings. The lowest BCUT2D eigenvalue weighted by Gasteiger charge is -2.31. The minimum Gasteiger partial charge on any atom is -0.310 e. The highest BCUT2D eigenvalue weighted by Gasteiger charge is 2.26. The summed E-state index contributed by atoms with van der Waals surface area (Å²) in [5.74, 6) is 0. The molecule has 9 aromatic rings. The first-order valence-electron chi connectivity index (χ1n) is 21.7. The minimum absolute atomic E-state index is 0.0413. The number of benzene rings is 8. The Hall–Kier alpha value is -6.12. The molecule has 2 heteroatoms. The zero-order valence-electron chi connectivity index (χ0n) is 37.2. The normalized spacial score (nSPS) is 12.9. The van der Waals surface area contributed by atoms with Gasteiger partial charge in [-0.25, -0.2) is 0 Å². The van der Waals surface area contributed by atoms with Gasteiger partial charge in [-0.1, -0.05) is 117 Å². The highest BCUT2D eigenvalue weighted by Crippen LogP contribution is 2.51. The molecule has 0 bridgehead atoms. The van der Waals surface area contributed by atoms with E-state index in [1.54, 1.807) is 0 Å². The monoisotopic (exact) mass is 780 g/mol. The van der Waals surface area contributed by atoms with E-state index in [2.05, 4.69) is 225 Å². The van der Waals surface area contributed by atoms with Crippen LogP contribution >= 0.6 is 0 Å². The maximum Gasteiger partial charge on any atom is 0.0541 e. The van der Waals surface area contributed by atoms with E-state index in [1.165, 1.54) is 116 Å². The van der Waals surface area contributed by atoms with Gasteiger partial charge in [0.2, 0.25) is 0 Å². The number of anilines is 3. The molecule has 2 nitrogen and oxygen atoms in total. The summed E-state index contributed by atoms with van der Waals surface area (Å²) in [6.45, 7) is 25.2. The second-order valence-electron chi connectivity index (χ2n) is 20.5. The summed E-state index contributed by atoms with van der Waals surface area (Å²) in [6.07, 6.45) is 0. The second kappa shape index (κ2) is 13.2. The first kappa shape index (κ1) is 38.1. The van der Waals surface area contributed by atoms with Crippen LogP contribution in [-0.2, 0) is 16.2 Å². The lowest BCUT2D eigenvalue weighted by Crippen LogP contribution is -2.16. The van der Waals surface area contributed by atoms with Crippen LogP contribution in [0.1, 0.15) is 90.1 Å². The quantitative estimate of drug-likeness (QED) is 0.173. The highest BCUT2D eigenvalue weighted by molar-refractivity contribution is 6.13. The van der Waals surface area contributed by atoms with E-state index in [0.717, 1.165) is 0 Å². The van der Waals surface area contributed by atoms with Gasteiger partial charge in [0, 0.05) is 33.5 Å². The Bertz CT molecular complexity index is 3150. The molecule has 1 aromatic heterocycles. The first-order valence-corrected chi connectivity index (χ1v) is 21.7. The average Bonchev–Trinajstić information content (AvgIpc) is 3.53. The van der Waals surface area contributed by atoms with E-state index in [0.29, 0.717) is 0 Å². The predicted molar refractivity (Wildman–Crippen MR) is 260 cm³/mol. The van der Waals surface area contributed by atoms with Crippen LogP contribution in [0.2, 0.25) is 0 Å². The molecule has 10 rings (SSSR count). The number of hydrogen-bond donors (Lipinski definition) is 0. The summed E-state index contributed by atoms with van der Waals surface area (Å²) in [6, 6.07) is 53.6. The highest BCUT2D eigenvalue weighted by atomic mass is 15.1. The zero-order chi connectivity index (χ0) is 42.0. The molecule has 0 N–H and O–H groups in total. The maximum absolute atomic E-state index is 2.48. The van der Waals surface area contributed by atoms with Crippen LogP contribution < -0.4 is 4.90 Å². The van der Waals surface area contributed by atoms with Gasteiger partial charge in [-0.15, -0.1) is 0 Å². The van der Waals surface area contributed by atoms with E-state index in [4.69, 9.17) is 0 Å². The number of hydrogen-bond acceptors (Lipinski definition) is 1. The second-order valence-corrected chi connectivity index (χ2v) is 20.5. The molecule has 0 unspecified atom stereocenters. The lowest BCUT2D eigenvalue weighted by molar-refractivity contribution is 0.590. The summed E-state index contributed by atoms with van der Waals surface area (Å²) in [5.41, 5.74) is 19.4. The molecule has 1 aliphatic carbocycles. The van der Waals surface area contributed by atoms with E-state index in [1.807, 2.05) is 0 Å². The Morgan fingerprint density at radius 1 is 0.383 bits per heavy atom. The molecule has 60 heavy (non-hydrogen) atoms. The average molecular weight is 781 g/mol. The molecule has 1 aliphatic rings. The van der Waals surface area contributed by atoms with Crippen molar-refractivity contribution in [3.05, 3.63) is 167 Å². The van der Waals surface area contributed by atoms with Gasteiger partial charge in [-0.2, -0.15) is 0 Å². The fourth-order valence-electron chi connectivity index (χ4n) is 9.45. The van der Waals surface area contributed by atoms with Crippen molar-refractivity contribution in [1.82, 2.24) is 4.57 Å². The number of aryl methyl sites for hydroxylation is 2. The number of nitrogens with zero attached hydrogens (tertiary/aromatic N) is 2. The smallest absolute Gasteiger partial charge is 0.0541 e. The van der Waals surface area contributed by atoms with Gasteiger partial charge in [0.25, 0.3) is 0 Å². The van der Waals surface area contributed by atoms with Crippen LogP contribution in [0.15, 0.2) is 140 Å². The van der Waals surface area contributed by atoms with Crippen LogP contribution in [0.25, 0.3) is 71.3 Å². The summed E-state index contributed by atoms with van der Waals surface area (Å²) >= 11 is 0. The first-order chi connectivity index (χ1) is 28.4. The Balaban J connectivity index is 1.09. The van der Waals surface area contributed by atoms with Crippen molar-refractivity contribution >= 4 is 60.4 Å². The molecule has 0 aliphatic heterocycles. The third-order valence-electron chi connectivity index (χ3n) is 13.2. The summed E-state index contributed by atoms with van der Waals surface area (Å²) in [7, 11) is 0. The molecular weight excluding hydrogens is 725 g/mol. The van der Waals surface area contributed by atoms with Gasteiger partial charge in [-0.3, -0.25) is 0 Å². The van der Waals surface area contributed by atoms with Crippen LogP contribution in [0.3, 0.4) is 0 Å². The van der Waals surface area contributed by atoms with Crippen molar-refractivity contribution in [2.45, 2.75) is 92.4 Å². The number of para-hydroxylation sites is 1. The van der Waals surface area contributed by atoms with Gasteiger partial charge < -0.3 is 9.47 Å². The molecule has 298 valence electrons. The van der Waals surface area contributed by atoms with Crippen molar-refractivity contribution in [1.29, 1.82) is 0 Å². The number of rotatable bonds is 4. The van der Waals surface area contributed by atoms with Crippen molar-refractivity contribution in [2.24, 2.45) is 0 Å². The zero-order valence-corrected chi connectivity index (χ0v) is 37.2. The van der Waals surface area contributed by atoms with Gasteiger partial charge in [0.15, 0.2) is 0 Å². The van der Waals surface area contributed by atoms with E-state index < -0.39 is 0 Å². The molecular formula is C58H56N2. The fraction of sp³-hybridized carbons (Fsp3) is 0.241. The van der Waals surface area contributed by atoms with E-state index in [9.17, 15) is 0 Å². The fourth-order valence-corrected chi connectivity index (χ4v) is 9.45. The molecule has 0 spiro atoms. The third-order valence-corrected chi connectivity index (χ3v) is 13.2. The Labute approximate surface area is 356 Å². The topological polar surface area (TPSA) is 8.17 Å². The lowest BCUT2D eigenvalue weighted by atomic mass is 9.78. The largest absolute Gasteiger partial charge is 0.310 e. The van der Waals surface area contributed by atoms with Gasteiger partial charge >= 0.3 is 0 Å². The SMILES string of the molecule is Cc1ccccc1N(c1ccc2cc3c(cc2c1)-c1cc2cc(-n4c5ccc(C(C)(C)C)cc5c5cc(C(C)(C)C)ccc54)ccc2cc1-3)c1cc(C(C)(C)C)ccc1C. The Kier molecular flexibility index (Phi) is 8.38. The molecule has 8 aromatic carbocycles. The molecule has 1 heterocycles. The summed E-state index contributed by atoms with van der Waals surface area (Å²) < 4.78 is 2.48. The standard InChI is InChI=1S/C58H56N2/c1-35-14-12-13-15-52(35)59(55-34-43(58(9,10)11)19-16-36(55)2)44-22-17-37-28-46-47-29-38-18-23-45(27-40(38)31-49(47)48(46)30-39(37)26-44)60-53-24-20-41(56(3,4)5)32-50(53)51-33-42(57(6,7)8)21-25-54(51)60/h12-34H,1-11H3. The molecule has 0 atom stereocenters. The van der Waals surface area contributed by atoms with Crippen LogP contribution in [0.5, 0.6) is 0 Å². The van der Waals surface area contributed by atoms with Crippen LogP contribution in [0, 0.1) is 13.8 Å². The van der Waals surface area contributed by atoms with Crippen molar-refractivity contribution in [2.75, 3.05) is 4.90 Å². The Morgan fingerprint density at radius 2 is 0.850 bits per heavy atom. The van der Waals surface area contributed by atoms with Crippen LogP contribution in [0.4, 0.5) is 17.1 Å². The minimum atomic E-state index is 0.0413. The van der Waals surface area contributed by atoms with Crippen LogP contribution in [-0.4, -0.2) is 4.57 Å². The third kappa shape index (κ3) is 6.14. The van der Waals surface area contributed by atoms with Gasteiger partial charge in [-0.05, 0) is 187 Å². The van der Waals surface area contributed by atoms with Crippen molar-refractivity contribution < 1.29 is 0 Å². The van der Waals surface area contributed by atoms with Gasteiger partial charge in [0.05, 0.1) is 11.0 Å². The summed E-state index contributed by atoms with van der Waals surface area (Å²) in [5, 5.41) is 7.69. The number of aromatic nitrogens is 1. The molecule has 0 saturated heterocycles. The van der Waals surface area contributed by atoms with Crippen molar-refractivity contribution in [3.8, 4) is 27.9 Å². The van der Waals surface area contributed by atoms with Gasteiger partial charge in [0.1, 0.15) is 0 Å².